The Labute approximate surface area is 468 Å². The van der Waals surface area contributed by atoms with Crippen LogP contribution in [0.4, 0.5) is 47.3 Å². The number of halogens is 6. The molecule has 0 aliphatic carbocycles. The zero-order chi connectivity index (χ0) is 58.5. The molecular formula is C56H62F6N8O8S2. The topological polar surface area (TPSA) is 199 Å². The largest absolute Gasteiger partial charge is 0.444 e. The SMILES string of the molecule is C=CCCSc1nc(-c2nnc([C@@](CC=C)(OCc3ccccc3)C(F)(F)F)o2)c(NC(=O)OC(C)(C)C)cc1C.Cc1cc(NC(=O)OC(C)(C)C)c2nc1SCCC=CC[C@](OCc1ccccc1)(C(F)(F)F)c1nnc-2o1. The van der Waals surface area contributed by atoms with Crippen molar-refractivity contribution in [1.82, 2.24) is 30.4 Å². The Hall–Kier alpha value is -7.02. The van der Waals surface area contributed by atoms with E-state index in [9.17, 15) is 35.9 Å². The molecular weight excluding hydrogens is 1090 g/mol. The van der Waals surface area contributed by atoms with Crippen molar-refractivity contribution in [2.45, 2.75) is 139 Å². The molecule has 4 aromatic heterocycles. The van der Waals surface area contributed by atoms with Gasteiger partial charge in [0.15, 0.2) is 11.4 Å². The number of fused-ring (bicyclic) bond motifs is 5. The molecule has 4 bridgehead atoms. The molecule has 2 aromatic carbocycles. The lowest BCUT2D eigenvalue weighted by atomic mass is 9.97. The van der Waals surface area contributed by atoms with Gasteiger partial charge in [-0.1, -0.05) is 85.0 Å². The fourth-order valence-corrected chi connectivity index (χ4v) is 9.25. The van der Waals surface area contributed by atoms with Crippen molar-refractivity contribution in [1.29, 1.82) is 0 Å². The van der Waals surface area contributed by atoms with Crippen LogP contribution in [-0.2, 0) is 43.4 Å². The molecule has 1 aliphatic heterocycles. The van der Waals surface area contributed by atoms with Gasteiger partial charge in [0.05, 0.1) is 24.6 Å². The summed E-state index contributed by atoms with van der Waals surface area (Å²) in [6.07, 6.45) is -5.49. The summed E-state index contributed by atoms with van der Waals surface area (Å²) in [7, 11) is 0. The van der Waals surface area contributed by atoms with Crippen molar-refractivity contribution in [3.05, 3.63) is 144 Å². The number of allylic oxidation sites excluding steroid dienone is 2. The Kier molecular flexibility index (Phi) is 20.6. The van der Waals surface area contributed by atoms with Crippen molar-refractivity contribution < 1.29 is 63.7 Å². The number of ether oxygens (including phenoxy) is 4. The standard InChI is InChI=1S/C29H33F3N4O4S.C27H29F3N4O4S/c1-7-9-16-41-24-19(3)17-21(33-26(37)40-27(4,5)6)22(34-24)23-35-36-25(39-23)28(15-8-2,29(30,31)32)38-18-20-13-11-10-12-14-20;1-17-15-19(31-24(35)38-25(2,3)4)20-21-33-34-23(37-21)26(27(28,29)30,36-16-18-11-7-5-8-12-18)13-9-6-10-14-39-22(17)32-20/h7-8,10-14,17H,1-2,9,15-16,18H2,3-6H3,(H,33,37);5-9,11-12,15H,10,13-14,16H2,1-4H3,(H,31,35)/t28-;26-/m11/s1. The summed E-state index contributed by atoms with van der Waals surface area (Å²) in [5.74, 6) is -0.974. The number of nitrogens with zero attached hydrogens (tertiary/aromatic N) is 6. The first kappa shape index (κ1) is 62.2. The van der Waals surface area contributed by atoms with E-state index in [2.05, 4.69) is 54.2 Å². The highest BCUT2D eigenvalue weighted by molar-refractivity contribution is 7.99. The molecule has 2 atom stereocenters. The summed E-state index contributed by atoms with van der Waals surface area (Å²) in [6.45, 7) is 20.3. The number of amides is 2. The van der Waals surface area contributed by atoms with E-state index in [0.29, 0.717) is 45.5 Å². The number of pyridine rings is 2. The van der Waals surface area contributed by atoms with E-state index >= 15 is 0 Å². The number of aromatic nitrogens is 6. The summed E-state index contributed by atoms with van der Waals surface area (Å²) in [5.41, 5.74) is -4.59. The summed E-state index contributed by atoms with van der Waals surface area (Å²) in [6, 6.07) is 20.2. The first-order chi connectivity index (χ1) is 37.7. The molecule has 0 spiro atoms. The maximum atomic E-state index is 14.8. The van der Waals surface area contributed by atoms with E-state index in [4.69, 9.17) is 27.8 Å². The second kappa shape index (κ2) is 26.5. The number of hydrogen-bond donors (Lipinski definition) is 2. The van der Waals surface area contributed by atoms with Crippen LogP contribution in [0.3, 0.4) is 0 Å². The average Bonchev–Trinajstić information content (AvgIpc) is 4.07. The van der Waals surface area contributed by atoms with Crippen molar-refractivity contribution in [2.24, 2.45) is 0 Å². The lowest BCUT2D eigenvalue weighted by molar-refractivity contribution is -0.296. The van der Waals surface area contributed by atoms with Gasteiger partial charge in [0.2, 0.25) is 11.2 Å². The number of aryl methyl sites for hydroxylation is 2. The normalized spacial score (nSPS) is 15.6. The Balaban J connectivity index is 0.000000258. The van der Waals surface area contributed by atoms with Crippen LogP contribution in [0.5, 0.6) is 0 Å². The monoisotopic (exact) mass is 1150 g/mol. The van der Waals surface area contributed by atoms with Gasteiger partial charge in [-0.15, -0.1) is 57.1 Å². The Morgan fingerprint density at radius 1 is 0.738 bits per heavy atom. The molecule has 16 nitrogen and oxygen atoms in total. The Bertz CT molecular complexity index is 3110. The van der Waals surface area contributed by atoms with Crippen molar-refractivity contribution in [3.63, 3.8) is 0 Å². The van der Waals surface area contributed by atoms with Crippen LogP contribution in [0.2, 0.25) is 0 Å². The zero-order valence-electron chi connectivity index (χ0n) is 45.3. The highest BCUT2D eigenvalue weighted by Crippen LogP contribution is 2.48. The van der Waals surface area contributed by atoms with Crippen LogP contribution in [0, 0.1) is 13.8 Å². The number of thioether (sulfide) groups is 2. The number of rotatable bonds is 16. The third-order valence-corrected chi connectivity index (χ3v) is 13.5. The first-order valence-electron chi connectivity index (χ1n) is 25.0. The van der Waals surface area contributed by atoms with E-state index in [0.717, 1.165) is 17.2 Å². The first-order valence-corrected chi connectivity index (χ1v) is 27.0. The number of alkyl halides is 6. The summed E-state index contributed by atoms with van der Waals surface area (Å²) >= 11 is 2.84. The van der Waals surface area contributed by atoms with Gasteiger partial charge in [0, 0.05) is 24.3 Å². The number of hydrogen-bond acceptors (Lipinski definition) is 16. The van der Waals surface area contributed by atoms with Gasteiger partial charge in [-0.3, -0.25) is 10.6 Å². The third kappa shape index (κ3) is 16.3. The predicted molar refractivity (Wildman–Crippen MR) is 292 cm³/mol. The summed E-state index contributed by atoms with van der Waals surface area (Å²) < 4.78 is 121. The summed E-state index contributed by atoms with van der Waals surface area (Å²) in [4.78, 5) is 34.3. The number of nitrogens with one attached hydrogen (secondary N) is 2. The molecule has 24 heteroatoms. The molecule has 0 unspecified atom stereocenters. The molecule has 1 aliphatic rings. The van der Waals surface area contributed by atoms with E-state index in [-0.39, 0.29) is 47.8 Å². The van der Waals surface area contributed by atoms with E-state index in [1.807, 2.05) is 6.92 Å². The molecule has 0 radical (unpaired) electrons. The predicted octanol–water partition coefficient (Wildman–Crippen LogP) is 15.2. The lowest BCUT2D eigenvalue weighted by Crippen LogP contribution is -2.45. The lowest BCUT2D eigenvalue weighted by Gasteiger charge is -2.31. The molecule has 0 saturated carbocycles. The third-order valence-electron chi connectivity index (χ3n) is 11.2. The smallest absolute Gasteiger partial charge is 0.426 e. The molecule has 5 heterocycles. The highest BCUT2D eigenvalue weighted by atomic mass is 32.2. The molecule has 6 aromatic rings. The van der Waals surface area contributed by atoms with E-state index in [1.54, 1.807) is 133 Å². The van der Waals surface area contributed by atoms with Crippen LogP contribution in [0.15, 0.2) is 129 Å². The van der Waals surface area contributed by atoms with Gasteiger partial charge >= 0.3 is 24.5 Å². The van der Waals surface area contributed by atoms with Crippen molar-refractivity contribution >= 4 is 47.1 Å². The van der Waals surface area contributed by atoms with Crippen LogP contribution < -0.4 is 10.6 Å². The maximum Gasteiger partial charge on any atom is 0.426 e. The fraction of sp³-hybridized carbons (Fsp3) is 0.393. The molecule has 80 heavy (non-hydrogen) atoms. The summed E-state index contributed by atoms with van der Waals surface area (Å²) in [5, 5.41) is 21.8. The van der Waals surface area contributed by atoms with Gasteiger partial charge in [0.1, 0.15) is 21.3 Å². The van der Waals surface area contributed by atoms with Crippen LogP contribution in [-0.4, -0.2) is 77.6 Å². The molecule has 0 fully saturated rings. The Morgan fingerprint density at radius 2 is 1.30 bits per heavy atom. The van der Waals surface area contributed by atoms with Crippen LogP contribution >= 0.6 is 23.5 Å². The molecule has 0 saturated heterocycles. The number of carbonyl (C=O) groups excluding carboxylic acids is 2. The Morgan fingerprint density at radius 3 is 1.86 bits per heavy atom. The van der Waals surface area contributed by atoms with Crippen molar-refractivity contribution in [2.75, 3.05) is 22.1 Å². The second-order valence-electron chi connectivity index (χ2n) is 20.0. The molecule has 2 N–H and O–H groups in total. The quantitative estimate of drug-likeness (QED) is 0.0401. The average molecular weight is 1150 g/mol. The number of anilines is 2. The van der Waals surface area contributed by atoms with Gasteiger partial charge in [-0.25, -0.2) is 19.6 Å². The van der Waals surface area contributed by atoms with Crippen LogP contribution in [0.1, 0.15) is 101 Å². The minimum absolute atomic E-state index is 0.0148. The van der Waals surface area contributed by atoms with Crippen LogP contribution in [0.25, 0.3) is 23.2 Å². The van der Waals surface area contributed by atoms with Gasteiger partial charge in [0.25, 0.3) is 23.6 Å². The van der Waals surface area contributed by atoms with Gasteiger partial charge in [-0.05, 0) is 103 Å². The highest BCUT2D eigenvalue weighted by Gasteiger charge is 2.62. The van der Waals surface area contributed by atoms with Gasteiger partial charge < -0.3 is 27.8 Å². The number of carbonyl (C=O) groups is 2. The minimum atomic E-state index is -4.94. The van der Waals surface area contributed by atoms with Crippen molar-refractivity contribution in [3.8, 4) is 23.2 Å². The van der Waals surface area contributed by atoms with E-state index in [1.165, 1.54) is 29.6 Å². The minimum Gasteiger partial charge on any atom is -0.444 e. The maximum absolute atomic E-state index is 14.8. The second-order valence-corrected chi connectivity index (χ2v) is 22.2. The molecule has 7 rings (SSSR count). The molecule has 2 amide bonds. The fourth-order valence-electron chi connectivity index (χ4n) is 7.44. The molecule has 428 valence electrons. The van der Waals surface area contributed by atoms with Gasteiger partial charge in [-0.2, -0.15) is 26.3 Å². The van der Waals surface area contributed by atoms with E-state index < -0.39 is 71.6 Å². The number of benzene rings is 2. The zero-order valence-corrected chi connectivity index (χ0v) is 47.0.